The molecule has 1 aromatic carbocycles. The van der Waals surface area contributed by atoms with E-state index in [0.29, 0.717) is 11.3 Å². The maximum Gasteiger partial charge on any atom is 0.251 e. The molecule has 5 nitrogen and oxygen atoms in total. The second kappa shape index (κ2) is 5.84. The Bertz CT molecular complexity index is 464. The molecule has 1 aliphatic rings. The van der Waals surface area contributed by atoms with Crippen molar-refractivity contribution in [3.05, 3.63) is 29.8 Å². The van der Waals surface area contributed by atoms with Gasteiger partial charge in [-0.25, -0.2) is 0 Å². The van der Waals surface area contributed by atoms with Crippen molar-refractivity contribution in [2.75, 3.05) is 11.9 Å². The summed E-state index contributed by atoms with van der Waals surface area (Å²) in [5.74, 6) is -0.0266. The van der Waals surface area contributed by atoms with Gasteiger partial charge in [-0.1, -0.05) is 0 Å². The predicted octanol–water partition coefficient (Wildman–Crippen LogP) is 1.15. The minimum atomic E-state index is -0.568. The first-order valence-electron chi connectivity index (χ1n) is 6.43. The van der Waals surface area contributed by atoms with Gasteiger partial charge in [0.15, 0.2) is 0 Å². The Morgan fingerprint density at radius 1 is 1.32 bits per heavy atom. The summed E-state index contributed by atoms with van der Waals surface area (Å²) in [6.07, 6.45) is 1.36. The molecule has 3 N–H and O–H groups in total. The van der Waals surface area contributed by atoms with Crippen molar-refractivity contribution in [1.29, 1.82) is 0 Å². The molecule has 0 aliphatic heterocycles. The summed E-state index contributed by atoms with van der Waals surface area (Å²) < 4.78 is 0. The van der Waals surface area contributed by atoms with Crippen molar-refractivity contribution in [1.82, 2.24) is 5.32 Å². The van der Waals surface area contributed by atoms with Crippen LogP contribution in [0.3, 0.4) is 0 Å². The smallest absolute Gasteiger partial charge is 0.251 e. The zero-order valence-electron chi connectivity index (χ0n) is 10.8. The predicted molar refractivity (Wildman–Crippen MR) is 71.8 cm³/mol. The lowest BCUT2D eigenvalue weighted by Gasteiger charge is -2.08. The monoisotopic (exact) mass is 262 g/mol. The third-order valence-electron chi connectivity index (χ3n) is 2.92. The number of rotatable bonds is 5. The molecule has 2 amide bonds. The van der Waals surface area contributed by atoms with Gasteiger partial charge in [0.25, 0.3) is 5.91 Å². The highest BCUT2D eigenvalue weighted by Gasteiger charge is 2.29. The van der Waals surface area contributed by atoms with Gasteiger partial charge < -0.3 is 15.7 Å². The van der Waals surface area contributed by atoms with E-state index in [4.69, 9.17) is 5.11 Å². The number of nitrogens with one attached hydrogen (secondary N) is 2. The standard InChI is InChI=1S/C14H18N2O3/c1-9(17)8-15-13(18)10-4-6-12(7-5-10)16-14(19)11-2-3-11/h4-7,9,11,17H,2-3,8H2,1H3,(H,15,18)(H,16,19). The van der Waals surface area contributed by atoms with Gasteiger partial charge in [0.1, 0.15) is 0 Å². The minimum Gasteiger partial charge on any atom is -0.392 e. The van der Waals surface area contributed by atoms with Crippen LogP contribution >= 0.6 is 0 Å². The summed E-state index contributed by atoms with van der Waals surface area (Å²) in [4.78, 5) is 23.2. The third-order valence-corrected chi connectivity index (χ3v) is 2.92. The largest absolute Gasteiger partial charge is 0.392 e. The van der Waals surface area contributed by atoms with Crippen LogP contribution in [0, 0.1) is 5.92 Å². The van der Waals surface area contributed by atoms with Crippen molar-refractivity contribution < 1.29 is 14.7 Å². The Labute approximate surface area is 112 Å². The number of carbonyl (C=O) groups is 2. The van der Waals surface area contributed by atoms with Crippen LogP contribution in [0.5, 0.6) is 0 Å². The maximum absolute atomic E-state index is 11.7. The van der Waals surface area contributed by atoms with Gasteiger partial charge in [0, 0.05) is 23.7 Å². The van der Waals surface area contributed by atoms with Gasteiger partial charge in [-0.15, -0.1) is 0 Å². The Hall–Kier alpha value is -1.88. The van der Waals surface area contributed by atoms with Crippen LogP contribution in [0.4, 0.5) is 5.69 Å². The van der Waals surface area contributed by atoms with Crippen molar-refractivity contribution in [2.24, 2.45) is 5.92 Å². The summed E-state index contributed by atoms with van der Waals surface area (Å²) in [6, 6.07) is 6.72. The van der Waals surface area contributed by atoms with Gasteiger partial charge >= 0.3 is 0 Å². The number of carbonyl (C=O) groups excluding carboxylic acids is 2. The van der Waals surface area contributed by atoms with E-state index in [-0.39, 0.29) is 24.3 Å². The van der Waals surface area contributed by atoms with Crippen molar-refractivity contribution in [3.63, 3.8) is 0 Å². The molecule has 5 heteroatoms. The van der Waals surface area contributed by atoms with Gasteiger partial charge in [0.05, 0.1) is 6.10 Å². The van der Waals surface area contributed by atoms with Crippen LogP contribution in [0.25, 0.3) is 0 Å². The summed E-state index contributed by atoms with van der Waals surface area (Å²) in [5.41, 5.74) is 1.20. The Balaban J connectivity index is 1.89. The van der Waals surface area contributed by atoms with Crippen LogP contribution in [0.2, 0.25) is 0 Å². The molecule has 2 rings (SSSR count). The van der Waals surface area contributed by atoms with Crippen LogP contribution in [0.1, 0.15) is 30.1 Å². The van der Waals surface area contributed by atoms with Gasteiger partial charge in [-0.3, -0.25) is 9.59 Å². The minimum absolute atomic E-state index is 0.0475. The maximum atomic E-state index is 11.7. The number of aliphatic hydroxyl groups excluding tert-OH is 1. The Morgan fingerprint density at radius 2 is 1.95 bits per heavy atom. The van der Waals surface area contributed by atoms with E-state index < -0.39 is 6.10 Å². The second-order valence-electron chi connectivity index (χ2n) is 4.90. The summed E-state index contributed by atoms with van der Waals surface area (Å²) in [5, 5.41) is 14.5. The average Bonchev–Trinajstić information content (AvgIpc) is 3.21. The molecule has 1 atom stereocenters. The molecule has 0 saturated heterocycles. The SMILES string of the molecule is CC(O)CNC(=O)c1ccc(NC(=O)C2CC2)cc1. The summed E-state index contributed by atoms with van der Waals surface area (Å²) in [6.45, 7) is 1.83. The third kappa shape index (κ3) is 4.06. The zero-order valence-corrected chi connectivity index (χ0v) is 10.8. The van der Waals surface area contributed by atoms with Crippen LogP contribution in [-0.4, -0.2) is 29.6 Å². The van der Waals surface area contributed by atoms with Gasteiger partial charge in [-0.2, -0.15) is 0 Å². The molecule has 0 bridgehead atoms. The van der Waals surface area contributed by atoms with Gasteiger partial charge in [0.2, 0.25) is 5.91 Å². The molecule has 1 aliphatic carbocycles. The second-order valence-corrected chi connectivity index (χ2v) is 4.90. The molecule has 1 aromatic rings. The van der Waals surface area contributed by atoms with E-state index in [1.807, 2.05) is 0 Å². The van der Waals surface area contributed by atoms with E-state index in [2.05, 4.69) is 10.6 Å². The quantitative estimate of drug-likeness (QED) is 0.744. The van der Waals surface area contributed by atoms with E-state index >= 15 is 0 Å². The number of hydrogen-bond acceptors (Lipinski definition) is 3. The topological polar surface area (TPSA) is 78.4 Å². The Kier molecular flexibility index (Phi) is 4.16. The van der Waals surface area contributed by atoms with E-state index in [9.17, 15) is 9.59 Å². The number of anilines is 1. The molecule has 19 heavy (non-hydrogen) atoms. The first-order valence-corrected chi connectivity index (χ1v) is 6.43. The number of aliphatic hydroxyl groups is 1. The summed E-state index contributed by atoms with van der Waals surface area (Å²) >= 11 is 0. The first-order chi connectivity index (χ1) is 9.06. The summed E-state index contributed by atoms with van der Waals surface area (Å²) in [7, 11) is 0. The lowest BCUT2D eigenvalue weighted by atomic mass is 10.2. The molecular weight excluding hydrogens is 244 g/mol. The van der Waals surface area contributed by atoms with Crippen LogP contribution in [0.15, 0.2) is 24.3 Å². The molecule has 1 saturated carbocycles. The van der Waals surface area contributed by atoms with E-state index in [0.717, 1.165) is 12.8 Å². The highest BCUT2D eigenvalue weighted by Crippen LogP contribution is 2.30. The first kappa shape index (κ1) is 13.5. The molecule has 0 aromatic heterocycles. The lowest BCUT2D eigenvalue weighted by Crippen LogP contribution is -2.30. The fourth-order valence-corrected chi connectivity index (χ4v) is 1.64. The Morgan fingerprint density at radius 3 is 2.47 bits per heavy atom. The molecule has 1 fully saturated rings. The average molecular weight is 262 g/mol. The van der Waals surface area contributed by atoms with Crippen molar-refractivity contribution >= 4 is 17.5 Å². The molecule has 0 radical (unpaired) electrons. The normalized spacial score (nSPS) is 15.7. The molecule has 102 valence electrons. The van der Waals surface area contributed by atoms with Crippen molar-refractivity contribution in [3.8, 4) is 0 Å². The van der Waals surface area contributed by atoms with E-state index in [1.165, 1.54) is 0 Å². The fourth-order valence-electron chi connectivity index (χ4n) is 1.64. The fraction of sp³-hybridized carbons (Fsp3) is 0.429. The van der Waals surface area contributed by atoms with Crippen LogP contribution < -0.4 is 10.6 Å². The number of amides is 2. The lowest BCUT2D eigenvalue weighted by molar-refractivity contribution is -0.117. The number of benzene rings is 1. The highest BCUT2D eigenvalue weighted by molar-refractivity contribution is 5.96. The number of hydrogen-bond donors (Lipinski definition) is 3. The molecule has 1 unspecified atom stereocenters. The van der Waals surface area contributed by atoms with Gasteiger partial charge in [-0.05, 0) is 44.0 Å². The zero-order chi connectivity index (χ0) is 13.8. The van der Waals surface area contributed by atoms with Crippen molar-refractivity contribution in [2.45, 2.75) is 25.9 Å². The van der Waals surface area contributed by atoms with Crippen LogP contribution in [-0.2, 0) is 4.79 Å². The molecule has 0 spiro atoms. The highest BCUT2D eigenvalue weighted by atomic mass is 16.3. The van der Waals surface area contributed by atoms with E-state index in [1.54, 1.807) is 31.2 Å². The molecule has 0 heterocycles. The molecular formula is C14H18N2O3.